The van der Waals surface area contributed by atoms with Crippen LogP contribution in [0.4, 0.5) is 0 Å². The summed E-state index contributed by atoms with van der Waals surface area (Å²) in [5.41, 5.74) is 1.70. The molecule has 4 nitrogen and oxygen atoms in total. The second-order valence-electron chi connectivity index (χ2n) is 2.82. The van der Waals surface area contributed by atoms with Gasteiger partial charge in [-0.2, -0.15) is 0 Å². The Kier molecular flexibility index (Phi) is 3.68. The molecule has 0 bridgehead atoms. The summed E-state index contributed by atoms with van der Waals surface area (Å²) in [6, 6.07) is 6.93. The SMILES string of the molecule is CO/N=C(\C)c1ccccc1B(O)O. The number of benzene rings is 1. The third-order valence-electron chi connectivity index (χ3n) is 1.86. The monoisotopic (exact) mass is 193 g/mol. The zero-order chi connectivity index (χ0) is 10.6. The van der Waals surface area contributed by atoms with E-state index in [-0.39, 0.29) is 0 Å². The van der Waals surface area contributed by atoms with Crippen molar-refractivity contribution in [2.45, 2.75) is 6.92 Å². The molecule has 1 aromatic rings. The molecule has 0 unspecified atom stereocenters. The summed E-state index contributed by atoms with van der Waals surface area (Å²) in [5, 5.41) is 21.9. The fourth-order valence-electron chi connectivity index (χ4n) is 1.24. The molecule has 0 radical (unpaired) electrons. The maximum absolute atomic E-state index is 9.08. The van der Waals surface area contributed by atoms with Crippen molar-refractivity contribution in [1.82, 2.24) is 0 Å². The predicted molar refractivity (Wildman–Crippen MR) is 55.5 cm³/mol. The van der Waals surface area contributed by atoms with E-state index in [1.165, 1.54) is 7.11 Å². The van der Waals surface area contributed by atoms with Gasteiger partial charge in [0.2, 0.25) is 0 Å². The lowest BCUT2D eigenvalue weighted by molar-refractivity contribution is 0.213. The van der Waals surface area contributed by atoms with Gasteiger partial charge in [-0.25, -0.2) is 0 Å². The fraction of sp³-hybridized carbons (Fsp3) is 0.222. The zero-order valence-electron chi connectivity index (χ0n) is 8.14. The van der Waals surface area contributed by atoms with Crippen LogP contribution in [-0.2, 0) is 4.84 Å². The summed E-state index contributed by atoms with van der Waals surface area (Å²) in [7, 11) is -0.0465. The van der Waals surface area contributed by atoms with Crippen LogP contribution in [0.1, 0.15) is 12.5 Å². The molecular formula is C9H12BNO3. The average molecular weight is 193 g/mol. The second kappa shape index (κ2) is 4.78. The highest BCUT2D eigenvalue weighted by atomic mass is 16.6. The zero-order valence-corrected chi connectivity index (χ0v) is 8.14. The van der Waals surface area contributed by atoms with E-state index < -0.39 is 7.12 Å². The van der Waals surface area contributed by atoms with E-state index in [4.69, 9.17) is 10.0 Å². The quantitative estimate of drug-likeness (QED) is 0.394. The molecule has 0 fully saturated rings. The molecule has 2 N–H and O–H groups in total. The topological polar surface area (TPSA) is 62.0 Å². The second-order valence-corrected chi connectivity index (χ2v) is 2.82. The van der Waals surface area contributed by atoms with Gasteiger partial charge < -0.3 is 14.9 Å². The lowest BCUT2D eigenvalue weighted by Gasteiger charge is -2.06. The van der Waals surface area contributed by atoms with E-state index in [1.807, 2.05) is 0 Å². The molecule has 14 heavy (non-hydrogen) atoms. The van der Waals surface area contributed by atoms with E-state index in [0.29, 0.717) is 16.7 Å². The Morgan fingerprint density at radius 2 is 2.00 bits per heavy atom. The van der Waals surface area contributed by atoms with Crippen LogP contribution in [0, 0.1) is 0 Å². The van der Waals surface area contributed by atoms with Gasteiger partial charge in [0.05, 0.1) is 5.71 Å². The molecule has 74 valence electrons. The minimum atomic E-state index is -1.49. The highest BCUT2D eigenvalue weighted by Crippen LogP contribution is 1.99. The predicted octanol–water partition coefficient (Wildman–Crippen LogP) is -0.263. The Labute approximate surface area is 83.0 Å². The van der Waals surface area contributed by atoms with Gasteiger partial charge in [0.1, 0.15) is 7.11 Å². The summed E-state index contributed by atoms with van der Waals surface area (Å²) >= 11 is 0. The highest BCUT2D eigenvalue weighted by Gasteiger charge is 2.16. The minimum Gasteiger partial charge on any atom is -0.423 e. The van der Waals surface area contributed by atoms with E-state index in [1.54, 1.807) is 31.2 Å². The smallest absolute Gasteiger partial charge is 0.423 e. The van der Waals surface area contributed by atoms with Gasteiger partial charge in [-0.3, -0.25) is 0 Å². The van der Waals surface area contributed by atoms with E-state index in [9.17, 15) is 0 Å². The Balaban J connectivity index is 3.13. The van der Waals surface area contributed by atoms with Gasteiger partial charge in [0.25, 0.3) is 0 Å². The average Bonchev–Trinajstić information content (AvgIpc) is 2.18. The Morgan fingerprint density at radius 3 is 2.57 bits per heavy atom. The molecule has 0 saturated heterocycles. The molecule has 5 heteroatoms. The van der Waals surface area contributed by atoms with Crippen LogP contribution in [0.2, 0.25) is 0 Å². The molecule has 0 aromatic heterocycles. The van der Waals surface area contributed by atoms with Crippen molar-refractivity contribution in [2.24, 2.45) is 5.16 Å². The van der Waals surface area contributed by atoms with Crippen LogP contribution in [-0.4, -0.2) is 30.0 Å². The molecule has 1 rings (SSSR count). The number of nitrogens with zero attached hydrogens (tertiary/aromatic N) is 1. The molecule has 0 amide bonds. The summed E-state index contributed by atoms with van der Waals surface area (Å²) in [5.74, 6) is 0. The normalized spacial score (nSPS) is 11.3. The van der Waals surface area contributed by atoms with E-state index in [2.05, 4.69) is 9.99 Å². The number of hydrogen-bond acceptors (Lipinski definition) is 4. The van der Waals surface area contributed by atoms with Crippen molar-refractivity contribution < 1.29 is 14.9 Å². The number of oxime groups is 1. The van der Waals surface area contributed by atoms with Crippen LogP contribution in [0.15, 0.2) is 29.4 Å². The van der Waals surface area contributed by atoms with Crippen LogP contribution in [0.5, 0.6) is 0 Å². The summed E-state index contributed by atoms with van der Waals surface area (Å²) in [4.78, 5) is 4.62. The van der Waals surface area contributed by atoms with Gasteiger partial charge in [-0.05, 0) is 17.9 Å². The molecular weight excluding hydrogens is 181 g/mol. The standard InChI is InChI=1S/C9H12BNO3/c1-7(11-14-2)8-5-3-4-6-9(8)10(12)13/h3-6,12-13H,1-2H3/b11-7+. The Hall–Kier alpha value is -1.33. The molecule has 1 aromatic carbocycles. The van der Waals surface area contributed by atoms with Crippen molar-refractivity contribution in [1.29, 1.82) is 0 Å². The van der Waals surface area contributed by atoms with Crippen LogP contribution < -0.4 is 5.46 Å². The van der Waals surface area contributed by atoms with E-state index >= 15 is 0 Å². The lowest BCUT2D eigenvalue weighted by atomic mass is 9.76. The highest BCUT2D eigenvalue weighted by molar-refractivity contribution is 6.60. The molecule has 0 saturated carbocycles. The Bertz CT molecular complexity index is 339. The first-order valence-corrected chi connectivity index (χ1v) is 4.20. The molecule has 0 spiro atoms. The van der Waals surface area contributed by atoms with Crippen molar-refractivity contribution >= 4 is 18.3 Å². The molecule has 0 atom stereocenters. The minimum absolute atomic E-state index is 0.422. The van der Waals surface area contributed by atoms with Crippen molar-refractivity contribution in [3.8, 4) is 0 Å². The van der Waals surface area contributed by atoms with Crippen LogP contribution in [0.25, 0.3) is 0 Å². The molecule has 0 aliphatic heterocycles. The summed E-state index contributed by atoms with van der Waals surface area (Å²) < 4.78 is 0. The fourth-order valence-corrected chi connectivity index (χ4v) is 1.24. The largest absolute Gasteiger partial charge is 0.489 e. The first-order valence-electron chi connectivity index (χ1n) is 4.20. The summed E-state index contributed by atoms with van der Waals surface area (Å²) in [6.45, 7) is 1.74. The molecule has 0 aliphatic carbocycles. The maximum Gasteiger partial charge on any atom is 0.489 e. The van der Waals surface area contributed by atoms with Gasteiger partial charge in [-0.15, -0.1) is 0 Å². The van der Waals surface area contributed by atoms with Crippen LogP contribution in [0.3, 0.4) is 0 Å². The van der Waals surface area contributed by atoms with Gasteiger partial charge in [-0.1, -0.05) is 29.4 Å². The van der Waals surface area contributed by atoms with E-state index in [0.717, 1.165) is 0 Å². The number of rotatable bonds is 3. The van der Waals surface area contributed by atoms with Gasteiger partial charge in [0, 0.05) is 0 Å². The summed E-state index contributed by atoms with van der Waals surface area (Å²) in [6.07, 6.45) is 0. The first kappa shape index (κ1) is 10.8. The first-order chi connectivity index (χ1) is 6.66. The van der Waals surface area contributed by atoms with Gasteiger partial charge >= 0.3 is 7.12 Å². The van der Waals surface area contributed by atoms with Gasteiger partial charge in [0.15, 0.2) is 0 Å². The number of hydrogen-bond donors (Lipinski definition) is 2. The van der Waals surface area contributed by atoms with Crippen molar-refractivity contribution in [2.75, 3.05) is 7.11 Å². The third kappa shape index (κ3) is 2.34. The molecule has 0 heterocycles. The van der Waals surface area contributed by atoms with Crippen LogP contribution >= 0.6 is 0 Å². The maximum atomic E-state index is 9.08. The van der Waals surface area contributed by atoms with Crippen molar-refractivity contribution in [3.63, 3.8) is 0 Å². The van der Waals surface area contributed by atoms with Crippen molar-refractivity contribution in [3.05, 3.63) is 29.8 Å². The molecule has 0 aliphatic rings. The lowest BCUT2D eigenvalue weighted by Crippen LogP contribution is -2.34. The Morgan fingerprint density at radius 1 is 1.36 bits per heavy atom. The third-order valence-corrected chi connectivity index (χ3v) is 1.86.